The summed E-state index contributed by atoms with van der Waals surface area (Å²) in [5.74, 6) is -0.393. The maximum Gasteiger partial charge on any atom is 0.251 e. The van der Waals surface area contributed by atoms with Gasteiger partial charge in [0.25, 0.3) is 5.56 Å². The zero-order valence-corrected chi connectivity index (χ0v) is 16.1. The number of carbonyl (C=O) groups is 1. The van der Waals surface area contributed by atoms with Crippen molar-refractivity contribution in [2.75, 3.05) is 19.4 Å². The highest BCUT2D eigenvalue weighted by atomic mass is 32.2. The number of benzene rings is 1. The minimum absolute atomic E-state index is 0.0416. The van der Waals surface area contributed by atoms with Gasteiger partial charge in [0.2, 0.25) is 15.9 Å². The number of amides is 1. The number of carbonyl (C=O) groups excluding carboxylic acids is 1. The maximum atomic E-state index is 12.4. The molecule has 1 aromatic carbocycles. The monoisotopic (exact) mass is 377 g/mol. The van der Waals surface area contributed by atoms with Gasteiger partial charge in [0, 0.05) is 32.0 Å². The average molecular weight is 377 g/mol. The Morgan fingerprint density at radius 3 is 2.50 bits per heavy atom. The third-order valence-corrected chi connectivity index (χ3v) is 5.85. The highest BCUT2D eigenvalue weighted by Crippen LogP contribution is 2.21. The van der Waals surface area contributed by atoms with Crippen LogP contribution < -0.4 is 10.9 Å². The van der Waals surface area contributed by atoms with E-state index in [9.17, 15) is 18.0 Å². The van der Waals surface area contributed by atoms with E-state index in [1.807, 2.05) is 32.0 Å². The second-order valence-electron chi connectivity index (χ2n) is 6.13. The van der Waals surface area contributed by atoms with Crippen LogP contribution in [0, 0.1) is 6.92 Å². The number of nitrogens with one attached hydrogen (secondary N) is 1. The smallest absolute Gasteiger partial charge is 0.251 e. The lowest BCUT2D eigenvalue weighted by Crippen LogP contribution is -2.29. The van der Waals surface area contributed by atoms with Gasteiger partial charge in [-0.1, -0.05) is 25.1 Å². The molecule has 2 rings (SSSR count). The third kappa shape index (κ3) is 4.20. The van der Waals surface area contributed by atoms with Crippen molar-refractivity contribution in [1.29, 1.82) is 0 Å². The van der Waals surface area contributed by atoms with E-state index in [4.69, 9.17) is 0 Å². The lowest BCUT2D eigenvalue weighted by atomic mass is 10.1. The average Bonchev–Trinajstić information content (AvgIpc) is 2.58. The number of rotatable bonds is 6. The van der Waals surface area contributed by atoms with Gasteiger partial charge in [-0.2, -0.15) is 0 Å². The van der Waals surface area contributed by atoms with Crippen molar-refractivity contribution in [3.05, 3.63) is 58.0 Å². The number of hydrogen-bond donors (Lipinski definition) is 1. The normalized spacial score (nSPS) is 11.6. The van der Waals surface area contributed by atoms with Gasteiger partial charge in [-0.3, -0.25) is 9.59 Å². The lowest BCUT2D eigenvalue weighted by Gasteiger charge is -2.15. The van der Waals surface area contributed by atoms with Crippen molar-refractivity contribution in [1.82, 2.24) is 8.87 Å². The van der Waals surface area contributed by atoms with Gasteiger partial charge in [0.05, 0.1) is 4.90 Å². The number of sulfonamides is 1. The van der Waals surface area contributed by atoms with Crippen molar-refractivity contribution < 1.29 is 13.2 Å². The van der Waals surface area contributed by atoms with Gasteiger partial charge in [-0.25, -0.2) is 12.7 Å². The Labute approximate surface area is 153 Å². The number of pyridine rings is 1. The molecular weight excluding hydrogens is 354 g/mol. The van der Waals surface area contributed by atoms with Gasteiger partial charge in [0.1, 0.15) is 6.54 Å². The van der Waals surface area contributed by atoms with E-state index in [0.29, 0.717) is 0 Å². The largest absolute Gasteiger partial charge is 0.324 e. The first-order valence-electron chi connectivity index (χ1n) is 8.18. The highest BCUT2D eigenvalue weighted by Gasteiger charge is 2.19. The summed E-state index contributed by atoms with van der Waals surface area (Å²) in [7, 11) is -0.877. The minimum atomic E-state index is -3.69. The fourth-order valence-corrected chi connectivity index (χ4v) is 3.45. The van der Waals surface area contributed by atoms with Crippen LogP contribution in [0.5, 0.6) is 0 Å². The van der Waals surface area contributed by atoms with Crippen LogP contribution in [0.15, 0.2) is 46.2 Å². The van der Waals surface area contributed by atoms with Crippen molar-refractivity contribution in [2.45, 2.75) is 31.7 Å². The molecule has 0 saturated carbocycles. The van der Waals surface area contributed by atoms with Crippen LogP contribution in [-0.2, 0) is 27.8 Å². The number of aryl methyl sites for hydroxylation is 2. The molecule has 0 unspecified atom stereocenters. The molecule has 1 heterocycles. The molecule has 0 radical (unpaired) electrons. The Morgan fingerprint density at radius 1 is 1.19 bits per heavy atom. The van der Waals surface area contributed by atoms with Crippen LogP contribution in [0.3, 0.4) is 0 Å². The second kappa shape index (κ2) is 7.84. The highest BCUT2D eigenvalue weighted by molar-refractivity contribution is 7.89. The van der Waals surface area contributed by atoms with Crippen molar-refractivity contribution in [2.24, 2.45) is 0 Å². The molecule has 0 bridgehead atoms. The molecule has 0 aliphatic carbocycles. The van der Waals surface area contributed by atoms with E-state index in [0.717, 1.165) is 38.2 Å². The maximum absolute atomic E-state index is 12.4. The van der Waals surface area contributed by atoms with E-state index in [1.54, 1.807) is 0 Å². The summed E-state index contributed by atoms with van der Waals surface area (Å²) in [5.41, 5.74) is 2.20. The number of hydrogen-bond acceptors (Lipinski definition) is 4. The van der Waals surface area contributed by atoms with Crippen LogP contribution in [0.2, 0.25) is 0 Å². The number of aromatic nitrogens is 1. The second-order valence-corrected chi connectivity index (χ2v) is 8.28. The molecule has 1 amide bonds. The Kier molecular flexibility index (Phi) is 5.99. The summed E-state index contributed by atoms with van der Waals surface area (Å²) in [6.45, 7) is 3.61. The standard InChI is InChI=1S/C18H23N3O4S/c1-5-14-8-6-7-13(2)18(14)19-16(22)12-21-11-15(9-10-17(21)23)26(24,25)20(3)4/h6-11H,5,12H2,1-4H3,(H,19,22). The number of para-hydroxylation sites is 1. The molecule has 0 fully saturated rings. The summed E-state index contributed by atoms with van der Waals surface area (Å²) >= 11 is 0. The van der Waals surface area contributed by atoms with Crippen LogP contribution >= 0.6 is 0 Å². The Hall–Kier alpha value is -2.45. The first-order valence-corrected chi connectivity index (χ1v) is 9.62. The van der Waals surface area contributed by atoms with Gasteiger partial charge >= 0.3 is 0 Å². The molecule has 0 atom stereocenters. The molecule has 0 aliphatic heterocycles. The third-order valence-electron chi connectivity index (χ3n) is 4.05. The Morgan fingerprint density at radius 2 is 1.88 bits per heavy atom. The zero-order valence-electron chi connectivity index (χ0n) is 15.3. The molecule has 26 heavy (non-hydrogen) atoms. The summed E-state index contributed by atoms with van der Waals surface area (Å²) in [5, 5.41) is 2.83. The first kappa shape index (κ1) is 19.9. The van der Waals surface area contributed by atoms with Crippen LogP contribution in [0.4, 0.5) is 5.69 Å². The Balaban J connectivity index is 2.29. The lowest BCUT2D eigenvalue weighted by molar-refractivity contribution is -0.116. The van der Waals surface area contributed by atoms with Crippen LogP contribution in [0.1, 0.15) is 18.1 Å². The van der Waals surface area contributed by atoms with Gasteiger partial charge in [-0.05, 0) is 30.5 Å². The molecular formula is C18H23N3O4S. The van der Waals surface area contributed by atoms with E-state index in [1.165, 1.54) is 26.4 Å². The molecule has 1 N–H and O–H groups in total. The van der Waals surface area contributed by atoms with Crippen molar-refractivity contribution in [3.63, 3.8) is 0 Å². The van der Waals surface area contributed by atoms with Crippen molar-refractivity contribution in [3.8, 4) is 0 Å². The minimum Gasteiger partial charge on any atom is -0.324 e. The predicted molar refractivity (Wildman–Crippen MR) is 101 cm³/mol. The van der Waals surface area contributed by atoms with Crippen molar-refractivity contribution >= 4 is 21.6 Å². The first-order chi connectivity index (χ1) is 12.2. The summed E-state index contributed by atoms with van der Waals surface area (Å²) in [4.78, 5) is 24.4. The zero-order chi connectivity index (χ0) is 19.5. The molecule has 140 valence electrons. The molecule has 2 aromatic rings. The fourth-order valence-electron chi connectivity index (χ4n) is 2.53. The predicted octanol–water partition coefficient (Wildman–Crippen LogP) is 1.61. The molecule has 1 aromatic heterocycles. The van der Waals surface area contributed by atoms with Gasteiger partial charge in [-0.15, -0.1) is 0 Å². The summed E-state index contributed by atoms with van der Waals surface area (Å²) < 4.78 is 26.6. The molecule has 0 saturated heterocycles. The van der Waals surface area contributed by atoms with E-state index >= 15 is 0 Å². The SMILES string of the molecule is CCc1cccc(C)c1NC(=O)Cn1cc(S(=O)(=O)N(C)C)ccc1=O. The molecule has 8 heteroatoms. The van der Waals surface area contributed by atoms with E-state index in [2.05, 4.69) is 5.32 Å². The summed E-state index contributed by atoms with van der Waals surface area (Å²) in [6.07, 6.45) is 1.95. The van der Waals surface area contributed by atoms with E-state index < -0.39 is 21.5 Å². The van der Waals surface area contributed by atoms with Gasteiger partial charge < -0.3 is 9.88 Å². The number of nitrogens with zero attached hydrogens (tertiary/aromatic N) is 2. The quantitative estimate of drug-likeness (QED) is 0.828. The van der Waals surface area contributed by atoms with Gasteiger partial charge in [0.15, 0.2) is 0 Å². The topological polar surface area (TPSA) is 88.5 Å². The van der Waals surface area contributed by atoms with Crippen LogP contribution in [-0.4, -0.2) is 37.3 Å². The molecule has 0 spiro atoms. The Bertz CT molecular complexity index is 978. The van der Waals surface area contributed by atoms with E-state index in [-0.39, 0.29) is 11.4 Å². The number of anilines is 1. The molecule has 7 nitrogen and oxygen atoms in total. The molecule has 0 aliphatic rings. The summed E-state index contributed by atoms with van der Waals surface area (Å²) in [6, 6.07) is 8.13. The van der Waals surface area contributed by atoms with Crippen LogP contribution in [0.25, 0.3) is 0 Å². The fraction of sp³-hybridized carbons (Fsp3) is 0.333.